The first-order valence-electron chi connectivity index (χ1n) is 13.4. The van der Waals surface area contributed by atoms with Gasteiger partial charge in [0.2, 0.25) is 5.91 Å². The quantitative estimate of drug-likeness (QED) is 0.260. The summed E-state index contributed by atoms with van der Waals surface area (Å²) in [7, 11) is 0. The number of rotatable bonds is 8. The van der Waals surface area contributed by atoms with Crippen LogP contribution in [0.4, 0.5) is 5.69 Å². The molecule has 196 valence electrons. The number of benzene rings is 4. The fourth-order valence-corrected chi connectivity index (χ4v) is 5.88. The number of piperidine rings is 1. The molecule has 1 saturated heterocycles. The molecule has 39 heavy (non-hydrogen) atoms. The van der Waals surface area contributed by atoms with Gasteiger partial charge in [-0.2, -0.15) is 5.26 Å². The van der Waals surface area contributed by atoms with E-state index in [1.165, 1.54) is 0 Å². The molecule has 4 nitrogen and oxygen atoms in total. The molecule has 0 spiro atoms. The molecule has 4 aromatic rings. The molecule has 0 aromatic heterocycles. The molecule has 4 aromatic carbocycles. The van der Waals surface area contributed by atoms with E-state index in [1.54, 1.807) is 12.1 Å². The fraction of sp³-hybridized carbons (Fsp3) is 0.235. The van der Waals surface area contributed by atoms with Crippen molar-refractivity contribution in [1.29, 1.82) is 5.26 Å². The molecule has 0 atom stereocenters. The highest BCUT2D eigenvalue weighted by atomic mass is 35.5. The minimum Gasteiger partial charge on any atom is -0.325 e. The van der Waals surface area contributed by atoms with Crippen LogP contribution in [0.5, 0.6) is 0 Å². The van der Waals surface area contributed by atoms with E-state index < -0.39 is 10.8 Å². The number of likely N-dealkylation sites (tertiary alicyclic amines) is 1. The third-order valence-electron chi connectivity index (χ3n) is 8.10. The van der Waals surface area contributed by atoms with Crippen molar-refractivity contribution in [3.05, 3.63) is 137 Å². The summed E-state index contributed by atoms with van der Waals surface area (Å²) in [4.78, 5) is 16.2. The summed E-state index contributed by atoms with van der Waals surface area (Å²) in [6.45, 7) is 2.31. The summed E-state index contributed by atoms with van der Waals surface area (Å²) in [6, 6.07) is 40.2. The monoisotopic (exact) mass is 533 g/mol. The maximum absolute atomic E-state index is 13.8. The molecule has 1 aliphatic heterocycles. The lowest BCUT2D eigenvalue weighted by atomic mass is 9.71. The Morgan fingerprint density at radius 3 is 1.85 bits per heavy atom. The number of hydrogen-bond donors (Lipinski definition) is 1. The van der Waals surface area contributed by atoms with Gasteiger partial charge >= 0.3 is 0 Å². The molecule has 0 unspecified atom stereocenters. The first-order chi connectivity index (χ1) is 19.1. The highest BCUT2D eigenvalue weighted by Gasteiger charge is 2.43. The lowest BCUT2D eigenvalue weighted by molar-refractivity contribution is -0.123. The maximum Gasteiger partial charge on any atom is 0.235 e. The molecule has 0 bridgehead atoms. The molecule has 5 rings (SSSR count). The second-order valence-corrected chi connectivity index (χ2v) is 10.7. The van der Waals surface area contributed by atoms with E-state index in [0.29, 0.717) is 24.3 Å². The van der Waals surface area contributed by atoms with Crippen LogP contribution in [0.25, 0.3) is 0 Å². The van der Waals surface area contributed by atoms with Gasteiger partial charge in [0.1, 0.15) is 5.41 Å². The molecule has 5 heteroatoms. The van der Waals surface area contributed by atoms with Crippen LogP contribution in [0.3, 0.4) is 0 Å². The minimum absolute atomic E-state index is 0.00983. The number of anilines is 1. The SMILES string of the molecule is N#CC(CCN1CCC(C(=O)Nc2ccc(Cl)cc2)(c2ccccc2)CC1)(c1ccccc1)c1ccccc1. The number of amides is 1. The predicted octanol–water partition coefficient (Wildman–Crippen LogP) is 7.21. The van der Waals surface area contributed by atoms with Crippen molar-refractivity contribution in [3.8, 4) is 6.07 Å². The van der Waals surface area contributed by atoms with Crippen molar-refractivity contribution in [2.75, 3.05) is 25.0 Å². The zero-order chi connectivity index (χ0) is 27.1. The predicted molar refractivity (Wildman–Crippen MR) is 158 cm³/mol. The summed E-state index contributed by atoms with van der Waals surface area (Å²) in [5, 5.41) is 14.3. The number of halogens is 1. The highest BCUT2D eigenvalue weighted by Crippen LogP contribution is 2.39. The standard InChI is InChI=1S/C34H32ClN3O/c35-30-16-18-31(19-17-30)37-32(39)33(27-10-4-1-5-11-27)20-23-38(24-21-33)25-22-34(26-36,28-12-6-2-7-13-28)29-14-8-3-9-15-29/h1-19H,20-25H2,(H,37,39). The van der Waals surface area contributed by atoms with Crippen LogP contribution < -0.4 is 5.32 Å². The Hall–Kier alpha value is -3.91. The molecule has 1 aliphatic rings. The average Bonchev–Trinajstić information content (AvgIpc) is 3.01. The largest absolute Gasteiger partial charge is 0.325 e. The van der Waals surface area contributed by atoms with E-state index in [-0.39, 0.29) is 5.91 Å². The van der Waals surface area contributed by atoms with Crippen LogP contribution >= 0.6 is 11.6 Å². The molecule has 0 saturated carbocycles. The van der Waals surface area contributed by atoms with Gasteiger partial charge in [-0.3, -0.25) is 4.79 Å². The molecule has 1 fully saturated rings. The number of nitrogens with zero attached hydrogens (tertiary/aromatic N) is 2. The Bertz CT molecular complexity index is 1370. The third-order valence-corrected chi connectivity index (χ3v) is 8.35. The molecule has 1 amide bonds. The minimum atomic E-state index is -0.734. The van der Waals surface area contributed by atoms with Crippen molar-refractivity contribution in [2.24, 2.45) is 0 Å². The molecule has 0 aliphatic carbocycles. The lowest BCUT2D eigenvalue weighted by Gasteiger charge is -2.42. The Morgan fingerprint density at radius 1 is 0.821 bits per heavy atom. The third kappa shape index (κ3) is 5.61. The van der Waals surface area contributed by atoms with Crippen LogP contribution in [0, 0.1) is 11.3 Å². The molecular weight excluding hydrogens is 502 g/mol. The van der Waals surface area contributed by atoms with E-state index >= 15 is 0 Å². The Kier molecular flexibility index (Phi) is 8.12. The summed E-state index contributed by atoms with van der Waals surface area (Å²) < 4.78 is 0. The number of nitrogens with one attached hydrogen (secondary N) is 1. The van der Waals surface area contributed by atoms with Gasteiger partial charge in [0, 0.05) is 17.3 Å². The van der Waals surface area contributed by atoms with E-state index in [0.717, 1.165) is 42.0 Å². The number of carbonyl (C=O) groups is 1. The van der Waals surface area contributed by atoms with Gasteiger partial charge < -0.3 is 10.2 Å². The topological polar surface area (TPSA) is 56.1 Å². The average molecular weight is 534 g/mol. The smallest absolute Gasteiger partial charge is 0.235 e. The van der Waals surface area contributed by atoms with Gasteiger partial charge in [0.25, 0.3) is 0 Å². The molecule has 0 radical (unpaired) electrons. The van der Waals surface area contributed by atoms with Crippen molar-refractivity contribution in [1.82, 2.24) is 4.90 Å². The highest BCUT2D eigenvalue weighted by molar-refractivity contribution is 6.30. The van der Waals surface area contributed by atoms with Crippen molar-refractivity contribution in [2.45, 2.75) is 30.1 Å². The van der Waals surface area contributed by atoms with Crippen molar-refractivity contribution >= 4 is 23.2 Å². The Balaban J connectivity index is 1.35. The van der Waals surface area contributed by atoms with Crippen molar-refractivity contribution < 1.29 is 4.79 Å². The van der Waals surface area contributed by atoms with Gasteiger partial charge in [0.15, 0.2) is 0 Å². The van der Waals surface area contributed by atoms with Crippen LogP contribution in [0.2, 0.25) is 5.02 Å². The molecule has 1 heterocycles. The second-order valence-electron chi connectivity index (χ2n) is 10.2. The van der Waals surface area contributed by atoms with E-state index in [1.807, 2.05) is 91.0 Å². The van der Waals surface area contributed by atoms with Gasteiger partial charge in [-0.05, 0) is 73.3 Å². The second kappa shape index (κ2) is 11.9. The summed E-state index contributed by atoms with van der Waals surface area (Å²) >= 11 is 6.05. The van der Waals surface area contributed by atoms with Gasteiger partial charge in [0.05, 0.1) is 11.5 Å². The number of hydrogen-bond acceptors (Lipinski definition) is 3. The number of carbonyl (C=O) groups excluding carboxylic acids is 1. The normalized spacial score (nSPS) is 15.3. The summed E-state index contributed by atoms with van der Waals surface area (Å²) in [5.74, 6) is 0.00983. The fourth-order valence-electron chi connectivity index (χ4n) is 5.76. The van der Waals surface area contributed by atoms with Crippen LogP contribution in [0.15, 0.2) is 115 Å². The Morgan fingerprint density at radius 2 is 1.33 bits per heavy atom. The van der Waals surface area contributed by atoms with Crippen LogP contribution in [0.1, 0.15) is 36.0 Å². The summed E-state index contributed by atoms with van der Waals surface area (Å²) in [5.41, 5.74) is 2.45. The number of nitriles is 1. The zero-order valence-electron chi connectivity index (χ0n) is 21.9. The van der Waals surface area contributed by atoms with Gasteiger partial charge in [-0.1, -0.05) is 103 Å². The molecule has 1 N–H and O–H groups in total. The first-order valence-corrected chi connectivity index (χ1v) is 13.8. The Labute approximate surface area is 235 Å². The van der Waals surface area contributed by atoms with Crippen molar-refractivity contribution in [3.63, 3.8) is 0 Å². The van der Waals surface area contributed by atoms with Gasteiger partial charge in [-0.15, -0.1) is 0 Å². The van der Waals surface area contributed by atoms with E-state index in [4.69, 9.17) is 11.6 Å². The first kappa shape index (κ1) is 26.7. The maximum atomic E-state index is 13.8. The summed E-state index contributed by atoms with van der Waals surface area (Å²) in [6.07, 6.45) is 2.08. The van der Waals surface area contributed by atoms with E-state index in [9.17, 15) is 10.1 Å². The lowest BCUT2D eigenvalue weighted by Crippen LogP contribution is -2.50. The zero-order valence-corrected chi connectivity index (χ0v) is 22.6. The van der Waals surface area contributed by atoms with E-state index in [2.05, 4.69) is 28.4 Å². The molecular formula is C34H32ClN3O. The van der Waals surface area contributed by atoms with Crippen LogP contribution in [-0.4, -0.2) is 30.4 Å². The van der Waals surface area contributed by atoms with Gasteiger partial charge in [-0.25, -0.2) is 0 Å². The van der Waals surface area contributed by atoms with Crippen LogP contribution in [-0.2, 0) is 15.6 Å².